The maximum Gasteiger partial charge on any atom is 0.306 e. The number of carbonyl (C=O) groups is 1. The van der Waals surface area contributed by atoms with Gasteiger partial charge in [0, 0.05) is 5.56 Å². The van der Waals surface area contributed by atoms with E-state index in [2.05, 4.69) is 0 Å². The minimum atomic E-state index is -0.791. The van der Waals surface area contributed by atoms with Crippen LogP contribution in [0.1, 0.15) is 48.8 Å². The zero-order chi connectivity index (χ0) is 24.2. The lowest BCUT2D eigenvalue weighted by Crippen LogP contribution is -2.20. The number of carboxylic acid groups (broad SMARTS) is 1. The van der Waals surface area contributed by atoms with Crippen LogP contribution in [0.25, 0.3) is 11.1 Å². The van der Waals surface area contributed by atoms with Crippen LogP contribution in [0.5, 0.6) is 11.5 Å². The van der Waals surface area contributed by atoms with Crippen molar-refractivity contribution in [1.82, 2.24) is 0 Å². The molecule has 1 saturated carbocycles. The first-order valence-electron chi connectivity index (χ1n) is 11.8. The van der Waals surface area contributed by atoms with Crippen molar-refractivity contribution < 1.29 is 24.1 Å². The maximum atomic E-state index is 14.2. The van der Waals surface area contributed by atoms with Crippen molar-refractivity contribution in [2.75, 3.05) is 7.11 Å². The normalized spacial score (nSPS) is 15.0. The van der Waals surface area contributed by atoms with Crippen LogP contribution in [0, 0.1) is 17.7 Å². The Morgan fingerprint density at radius 2 is 1.79 bits per heavy atom. The van der Waals surface area contributed by atoms with Gasteiger partial charge in [0.25, 0.3) is 0 Å². The number of carboxylic acids is 1. The molecular formula is C29H31FO4. The molecule has 0 amide bonds. The summed E-state index contributed by atoms with van der Waals surface area (Å²) in [6, 6.07) is 18.2. The summed E-state index contributed by atoms with van der Waals surface area (Å²) in [5.74, 6) is -0.340. The number of phenolic OH excluding ortho intramolecular Hbond substituents is 1. The Kier molecular flexibility index (Phi) is 7.20. The smallest absolute Gasteiger partial charge is 0.306 e. The highest BCUT2D eigenvalue weighted by molar-refractivity contribution is 5.71. The van der Waals surface area contributed by atoms with Gasteiger partial charge in [0.05, 0.1) is 13.0 Å². The molecule has 4 nitrogen and oxygen atoms in total. The molecule has 0 heterocycles. The lowest BCUT2D eigenvalue weighted by molar-refractivity contribution is -0.142. The van der Waals surface area contributed by atoms with Gasteiger partial charge in [-0.25, -0.2) is 4.39 Å². The summed E-state index contributed by atoms with van der Waals surface area (Å²) < 4.78 is 19.4. The number of phenols is 1. The fraction of sp³-hybridized carbons (Fsp3) is 0.345. The zero-order valence-electron chi connectivity index (χ0n) is 19.6. The van der Waals surface area contributed by atoms with Crippen molar-refractivity contribution in [1.29, 1.82) is 0 Å². The Balaban J connectivity index is 1.38. The molecule has 0 aliphatic heterocycles. The van der Waals surface area contributed by atoms with Crippen molar-refractivity contribution in [3.63, 3.8) is 0 Å². The number of hydrogen-bond acceptors (Lipinski definition) is 3. The molecular weight excluding hydrogens is 431 g/mol. The van der Waals surface area contributed by atoms with E-state index < -0.39 is 11.9 Å². The van der Waals surface area contributed by atoms with Crippen molar-refractivity contribution in [2.45, 2.75) is 44.9 Å². The van der Waals surface area contributed by atoms with Gasteiger partial charge in [0.15, 0.2) is 0 Å². The predicted molar refractivity (Wildman–Crippen MR) is 131 cm³/mol. The van der Waals surface area contributed by atoms with E-state index in [1.807, 2.05) is 36.4 Å². The van der Waals surface area contributed by atoms with E-state index in [9.17, 15) is 19.4 Å². The lowest BCUT2D eigenvalue weighted by atomic mass is 9.82. The van der Waals surface area contributed by atoms with Gasteiger partial charge in [-0.2, -0.15) is 0 Å². The number of methoxy groups -OCH3 is 1. The summed E-state index contributed by atoms with van der Waals surface area (Å²) in [6.45, 7) is 1.75. The number of aryl methyl sites for hydroxylation is 2. The standard InChI is InChI=1S/C29H31FO4/c1-18(29(32)33)28(22-11-12-22)23-13-10-21(27(31)16-23)5-3-4-19-6-8-20(9-7-19)25-17-24(34-2)14-15-26(25)30/h6-10,13-18,22,28,31H,3-5,11-12H2,1-2H3,(H,32,33). The van der Waals surface area contributed by atoms with Gasteiger partial charge in [-0.15, -0.1) is 0 Å². The highest BCUT2D eigenvalue weighted by Crippen LogP contribution is 2.47. The summed E-state index contributed by atoms with van der Waals surface area (Å²) in [7, 11) is 1.56. The highest BCUT2D eigenvalue weighted by Gasteiger charge is 2.38. The van der Waals surface area contributed by atoms with Crippen molar-refractivity contribution in [3.05, 3.63) is 83.2 Å². The molecule has 0 spiro atoms. The number of ether oxygens (including phenoxy) is 1. The number of aliphatic carboxylic acids is 1. The molecule has 0 saturated heterocycles. The SMILES string of the molecule is COc1ccc(F)c(-c2ccc(CCCc3ccc(C(C4CC4)C(C)C(=O)O)cc3O)cc2)c1. The zero-order valence-corrected chi connectivity index (χ0v) is 19.6. The Morgan fingerprint density at radius 3 is 2.41 bits per heavy atom. The van der Waals surface area contributed by atoms with Gasteiger partial charge < -0.3 is 14.9 Å². The molecule has 2 atom stereocenters. The van der Waals surface area contributed by atoms with Gasteiger partial charge in [0.2, 0.25) is 0 Å². The van der Waals surface area contributed by atoms with Crippen LogP contribution in [-0.4, -0.2) is 23.3 Å². The first kappa shape index (κ1) is 23.8. The van der Waals surface area contributed by atoms with Gasteiger partial charge >= 0.3 is 5.97 Å². The second-order valence-electron chi connectivity index (χ2n) is 9.27. The molecule has 1 fully saturated rings. The quantitative estimate of drug-likeness (QED) is 0.356. The van der Waals surface area contributed by atoms with E-state index in [-0.39, 0.29) is 17.5 Å². The minimum absolute atomic E-state index is 0.0506. The Morgan fingerprint density at radius 1 is 1.06 bits per heavy atom. The molecule has 178 valence electrons. The third-order valence-electron chi connectivity index (χ3n) is 6.90. The molecule has 2 unspecified atom stereocenters. The maximum absolute atomic E-state index is 14.2. The summed E-state index contributed by atoms with van der Waals surface area (Å²) >= 11 is 0. The number of benzene rings is 3. The minimum Gasteiger partial charge on any atom is -0.508 e. The predicted octanol–water partition coefficient (Wildman–Crippen LogP) is 6.60. The lowest BCUT2D eigenvalue weighted by Gasteiger charge is -2.22. The van der Waals surface area contributed by atoms with E-state index >= 15 is 0 Å². The van der Waals surface area contributed by atoms with E-state index in [0.29, 0.717) is 17.2 Å². The molecule has 1 aliphatic carbocycles. The van der Waals surface area contributed by atoms with Gasteiger partial charge in [-0.3, -0.25) is 4.79 Å². The van der Waals surface area contributed by atoms with Crippen LogP contribution >= 0.6 is 0 Å². The molecule has 4 rings (SSSR count). The van der Waals surface area contributed by atoms with Crippen molar-refractivity contribution >= 4 is 5.97 Å². The number of rotatable bonds is 10. The fourth-order valence-corrected chi connectivity index (χ4v) is 4.76. The molecule has 34 heavy (non-hydrogen) atoms. The molecule has 1 aliphatic rings. The second-order valence-corrected chi connectivity index (χ2v) is 9.27. The molecule has 0 bridgehead atoms. The first-order valence-corrected chi connectivity index (χ1v) is 11.8. The van der Waals surface area contributed by atoms with E-state index in [0.717, 1.165) is 54.4 Å². The highest BCUT2D eigenvalue weighted by atomic mass is 19.1. The monoisotopic (exact) mass is 462 g/mol. The molecule has 0 aromatic heterocycles. The average molecular weight is 463 g/mol. The molecule has 0 radical (unpaired) electrons. The Bertz CT molecular complexity index is 1150. The topological polar surface area (TPSA) is 66.8 Å². The van der Waals surface area contributed by atoms with Crippen LogP contribution in [0.2, 0.25) is 0 Å². The number of aromatic hydroxyl groups is 1. The first-order chi connectivity index (χ1) is 16.4. The van der Waals surface area contributed by atoms with Gasteiger partial charge in [-0.1, -0.05) is 43.3 Å². The summed E-state index contributed by atoms with van der Waals surface area (Å²) in [5.41, 5.74) is 4.24. The van der Waals surface area contributed by atoms with Crippen LogP contribution in [0.15, 0.2) is 60.7 Å². The third-order valence-corrected chi connectivity index (χ3v) is 6.90. The summed E-state index contributed by atoms with van der Waals surface area (Å²) in [6.07, 6.45) is 4.52. The second kappa shape index (κ2) is 10.3. The largest absolute Gasteiger partial charge is 0.508 e. The number of halogens is 1. The van der Waals surface area contributed by atoms with Crippen LogP contribution in [-0.2, 0) is 17.6 Å². The van der Waals surface area contributed by atoms with Crippen molar-refractivity contribution in [3.8, 4) is 22.6 Å². The number of hydrogen-bond donors (Lipinski definition) is 2. The van der Waals surface area contributed by atoms with E-state index in [4.69, 9.17) is 4.74 Å². The fourth-order valence-electron chi connectivity index (χ4n) is 4.76. The van der Waals surface area contributed by atoms with Crippen LogP contribution in [0.3, 0.4) is 0 Å². The molecule has 3 aromatic carbocycles. The molecule has 3 aromatic rings. The molecule has 2 N–H and O–H groups in total. The molecule has 5 heteroatoms. The van der Waals surface area contributed by atoms with E-state index in [1.54, 1.807) is 32.2 Å². The summed E-state index contributed by atoms with van der Waals surface area (Å²) in [5, 5.41) is 20.1. The summed E-state index contributed by atoms with van der Waals surface area (Å²) in [4.78, 5) is 11.5. The van der Waals surface area contributed by atoms with Crippen LogP contribution < -0.4 is 4.74 Å². The Labute approximate surface area is 200 Å². The van der Waals surface area contributed by atoms with Crippen LogP contribution in [0.4, 0.5) is 4.39 Å². The van der Waals surface area contributed by atoms with E-state index in [1.165, 1.54) is 6.07 Å². The van der Waals surface area contributed by atoms with Gasteiger partial charge in [-0.05, 0) is 90.5 Å². The van der Waals surface area contributed by atoms with Crippen molar-refractivity contribution in [2.24, 2.45) is 11.8 Å². The van der Waals surface area contributed by atoms with Gasteiger partial charge in [0.1, 0.15) is 17.3 Å². The third kappa shape index (κ3) is 5.41. The Hall–Kier alpha value is -3.34. The average Bonchev–Trinajstić information content (AvgIpc) is 3.66.